The number of nitriles is 1. The van der Waals surface area contributed by atoms with Gasteiger partial charge in [-0.25, -0.2) is 4.79 Å². The van der Waals surface area contributed by atoms with Crippen molar-refractivity contribution in [2.24, 2.45) is 0 Å². The Morgan fingerprint density at radius 3 is 2.73 bits per heavy atom. The zero-order valence-corrected chi connectivity index (χ0v) is 12.2. The highest BCUT2D eigenvalue weighted by atomic mass is 16.5. The summed E-state index contributed by atoms with van der Waals surface area (Å²) in [4.78, 5) is 23.6. The molecular formula is C16H14N2O4. The van der Waals surface area contributed by atoms with E-state index in [0.717, 1.165) is 0 Å². The second kappa shape index (κ2) is 6.59. The zero-order valence-electron chi connectivity index (χ0n) is 12.2. The second-order valence-corrected chi connectivity index (χ2v) is 4.64. The highest BCUT2D eigenvalue weighted by molar-refractivity contribution is 5.96. The van der Waals surface area contributed by atoms with Gasteiger partial charge in [0.2, 0.25) is 0 Å². The number of hydrogen-bond donors (Lipinski definition) is 1. The fraction of sp³-hybridized carbons (Fsp3) is 0.188. The lowest BCUT2D eigenvalue weighted by Gasteiger charge is -2.06. The van der Waals surface area contributed by atoms with E-state index in [2.05, 4.69) is 5.32 Å². The lowest BCUT2D eigenvalue weighted by atomic mass is 10.2. The third-order valence-electron chi connectivity index (χ3n) is 2.87. The van der Waals surface area contributed by atoms with Gasteiger partial charge in [-0.1, -0.05) is 6.07 Å². The number of rotatable bonds is 4. The van der Waals surface area contributed by atoms with Gasteiger partial charge in [0.1, 0.15) is 17.1 Å². The molecule has 1 heterocycles. The minimum atomic E-state index is -0.615. The highest BCUT2D eigenvalue weighted by Gasteiger charge is 2.16. The molecule has 1 aromatic carbocycles. The number of aryl methyl sites for hydroxylation is 2. The van der Waals surface area contributed by atoms with Gasteiger partial charge >= 0.3 is 5.97 Å². The molecule has 0 aliphatic rings. The first kappa shape index (κ1) is 15.3. The van der Waals surface area contributed by atoms with Crippen LogP contribution in [0.4, 0.5) is 5.69 Å². The number of carbonyl (C=O) groups excluding carboxylic acids is 2. The molecule has 1 amide bonds. The van der Waals surface area contributed by atoms with Crippen LogP contribution in [0.1, 0.15) is 27.4 Å². The molecule has 0 fully saturated rings. The first-order valence-electron chi connectivity index (χ1n) is 6.54. The summed E-state index contributed by atoms with van der Waals surface area (Å²) < 4.78 is 10.2. The average Bonchev–Trinajstić information content (AvgIpc) is 2.83. The van der Waals surface area contributed by atoms with Gasteiger partial charge < -0.3 is 14.5 Å². The maximum absolute atomic E-state index is 11.8. The van der Waals surface area contributed by atoms with E-state index in [1.165, 1.54) is 6.07 Å². The van der Waals surface area contributed by atoms with Crippen molar-refractivity contribution < 1.29 is 18.7 Å². The molecule has 1 N–H and O–H groups in total. The Labute approximate surface area is 127 Å². The van der Waals surface area contributed by atoms with Crippen molar-refractivity contribution in [1.82, 2.24) is 0 Å². The van der Waals surface area contributed by atoms with Crippen LogP contribution in [-0.4, -0.2) is 18.5 Å². The standard InChI is InChI=1S/C16H14N2O4/c1-10-6-14(11(2)22-10)16(20)21-9-15(19)18-13-5-3-4-12(7-13)8-17/h3-7H,9H2,1-2H3,(H,18,19). The maximum atomic E-state index is 11.8. The Kier molecular flexibility index (Phi) is 4.59. The number of hydrogen-bond acceptors (Lipinski definition) is 5. The molecule has 0 aliphatic carbocycles. The average molecular weight is 298 g/mol. The fourth-order valence-electron chi connectivity index (χ4n) is 1.91. The van der Waals surface area contributed by atoms with Gasteiger partial charge in [-0.15, -0.1) is 0 Å². The van der Waals surface area contributed by atoms with Gasteiger partial charge in [0.05, 0.1) is 11.6 Å². The van der Waals surface area contributed by atoms with Gasteiger partial charge in [-0.3, -0.25) is 4.79 Å². The number of anilines is 1. The monoisotopic (exact) mass is 298 g/mol. The van der Waals surface area contributed by atoms with Crippen LogP contribution in [0, 0.1) is 25.2 Å². The molecule has 0 saturated heterocycles. The molecule has 22 heavy (non-hydrogen) atoms. The van der Waals surface area contributed by atoms with E-state index in [1.807, 2.05) is 6.07 Å². The number of carbonyl (C=O) groups is 2. The number of furan rings is 1. The number of nitrogens with zero attached hydrogens (tertiary/aromatic N) is 1. The molecule has 6 heteroatoms. The number of esters is 1. The summed E-state index contributed by atoms with van der Waals surface area (Å²) in [6.45, 7) is 2.95. The molecule has 0 bridgehead atoms. The van der Waals surface area contributed by atoms with Crippen LogP contribution >= 0.6 is 0 Å². The second-order valence-electron chi connectivity index (χ2n) is 4.64. The Hall–Kier alpha value is -3.07. The van der Waals surface area contributed by atoms with Crippen LogP contribution in [0.5, 0.6) is 0 Å². The van der Waals surface area contributed by atoms with Gasteiger partial charge in [0.25, 0.3) is 5.91 Å². The van der Waals surface area contributed by atoms with Crippen LogP contribution in [0.15, 0.2) is 34.7 Å². The third kappa shape index (κ3) is 3.73. The van der Waals surface area contributed by atoms with E-state index >= 15 is 0 Å². The molecule has 0 unspecified atom stereocenters. The van der Waals surface area contributed by atoms with E-state index in [-0.39, 0.29) is 0 Å². The summed E-state index contributed by atoms with van der Waals surface area (Å²) >= 11 is 0. The van der Waals surface area contributed by atoms with E-state index in [1.54, 1.807) is 38.1 Å². The van der Waals surface area contributed by atoms with E-state index in [0.29, 0.717) is 28.3 Å². The predicted octanol–water partition coefficient (Wildman–Crippen LogP) is 2.56. The topological polar surface area (TPSA) is 92.3 Å². The van der Waals surface area contributed by atoms with Crippen molar-refractivity contribution in [2.45, 2.75) is 13.8 Å². The molecule has 0 saturated carbocycles. The summed E-state index contributed by atoms with van der Waals surface area (Å²) in [5, 5.41) is 11.3. The van der Waals surface area contributed by atoms with E-state index in [4.69, 9.17) is 14.4 Å². The molecule has 0 radical (unpaired) electrons. The van der Waals surface area contributed by atoms with E-state index < -0.39 is 18.5 Å². The molecule has 0 aliphatic heterocycles. The number of ether oxygens (including phenoxy) is 1. The quantitative estimate of drug-likeness (QED) is 0.876. The molecule has 2 rings (SSSR count). The van der Waals surface area contributed by atoms with Crippen LogP contribution in [0.25, 0.3) is 0 Å². The van der Waals surface area contributed by atoms with Crippen LogP contribution in [0.3, 0.4) is 0 Å². The van der Waals surface area contributed by atoms with Crippen LogP contribution in [-0.2, 0) is 9.53 Å². The van der Waals surface area contributed by atoms with Crippen LogP contribution < -0.4 is 5.32 Å². The van der Waals surface area contributed by atoms with Crippen molar-refractivity contribution in [2.75, 3.05) is 11.9 Å². The van der Waals surface area contributed by atoms with Gasteiger partial charge in [-0.05, 0) is 38.1 Å². The van der Waals surface area contributed by atoms with Crippen LogP contribution in [0.2, 0.25) is 0 Å². The van der Waals surface area contributed by atoms with Crippen molar-refractivity contribution in [3.63, 3.8) is 0 Å². The summed E-state index contributed by atoms with van der Waals surface area (Å²) in [5.74, 6) is -0.0524. The summed E-state index contributed by atoms with van der Waals surface area (Å²) in [6.07, 6.45) is 0. The molecule has 1 aromatic heterocycles. The smallest absolute Gasteiger partial charge is 0.342 e. The Morgan fingerprint density at radius 2 is 2.09 bits per heavy atom. The van der Waals surface area contributed by atoms with Crippen molar-refractivity contribution in [3.05, 3.63) is 53.0 Å². The largest absolute Gasteiger partial charge is 0.466 e. The third-order valence-corrected chi connectivity index (χ3v) is 2.87. The number of nitrogens with one attached hydrogen (secondary N) is 1. The van der Waals surface area contributed by atoms with Crippen molar-refractivity contribution in [1.29, 1.82) is 5.26 Å². The highest BCUT2D eigenvalue weighted by Crippen LogP contribution is 2.15. The lowest BCUT2D eigenvalue weighted by Crippen LogP contribution is -2.21. The van der Waals surface area contributed by atoms with Crippen molar-refractivity contribution >= 4 is 17.6 Å². The van der Waals surface area contributed by atoms with Gasteiger partial charge in [-0.2, -0.15) is 5.26 Å². The number of benzene rings is 1. The molecule has 0 atom stereocenters. The summed E-state index contributed by atoms with van der Waals surface area (Å²) in [5.41, 5.74) is 1.20. The SMILES string of the molecule is Cc1cc(C(=O)OCC(=O)Nc2cccc(C#N)c2)c(C)o1. The zero-order chi connectivity index (χ0) is 16.1. The Bertz CT molecular complexity index is 756. The van der Waals surface area contributed by atoms with Crippen molar-refractivity contribution in [3.8, 4) is 6.07 Å². The van der Waals surface area contributed by atoms with Gasteiger partial charge in [0.15, 0.2) is 6.61 Å². The lowest BCUT2D eigenvalue weighted by molar-refractivity contribution is -0.119. The first-order chi connectivity index (χ1) is 10.5. The molecule has 6 nitrogen and oxygen atoms in total. The predicted molar refractivity (Wildman–Crippen MR) is 78.3 cm³/mol. The summed E-state index contributed by atoms with van der Waals surface area (Å²) in [7, 11) is 0. The molecule has 2 aromatic rings. The normalized spacial score (nSPS) is 9.86. The van der Waals surface area contributed by atoms with Gasteiger partial charge in [0, 0.05) is 5.69 Å². The molecular weight excluding hydrogens is 284 g/mol. The molecule has 0 spiro atoms. The fourth-order valence-corrected chi connectivity index (χ4v) is 1.91. The van der Waals surface area contributed by atoms with E-state index in [9.17, 15) is 9.59 Å². The summed E-state index contributed by atoms with van der Waals surface area (Å²) in [6, 6.07) is 9.98. The molecule has 112 valence electrons. The minimum absolute atomic E-state index is 0.303. The first-order valence-corrected chi connectivity index (χ1v) is 6.54. The maximum Gasteiger partial charge on any atom is 0.342 e. The Balaban J connectivity index is 1.91. The minimum Gasteiger partial charge on any atom is -0.466 e. The Morgan fingerprint density at radius 1 is 1.32 bits per heavy atom. The number of amides is 1.